The number of benzene rings is 2. The van der Waals surface area contributed by atoms with Gasteiger partial charge in [-0.25, -0.2) is 0 Å². The number of H-pyrrole nitrogens is 1. The van der Waals surface area contributed by atoms with E-state index in [9.17, 15) is 0 Å². The van der Waals surface area contributed by atoms with Gasteiger partial charge >= 0.3 is 0 Å². The molecule has 1 fully saturated rings. The highest BCUT2D eigenvalue weighted by atomic mass is 14.8. The minimum absolute atomic E-state index is 0.810. The third-order valence-electron chi connectivity index (χ3n) is 5.03. The Hall–Kier alpha value is -2.61. The highest BCUT2D eigenvalue weighted by molar-refractivity contribution is 6.07. The monoisotopic (exact) mass is 358 g/mol. The van der Waals surface area contributed by atoms with Gasteiger partial charge in [-0.15, -0.1) is 0 Å². The fourth-order valence-corrected chi connectivity index (χ4v) is 3.37. The van der Waals surface area contributed by atoms with E-state index in [1.165, 1.54) is 45.8 Å². The third kappa shape index (κ3) is 4.39. The fourth-order valence-electron chi connectivity index (χ4n) is 3.37. The number of aromatic nitrogens is 2. The standard InChI is InChI=1S/C15H14N2.C8H10.C2H6/c1-9-15-13(6-7-16-9)12-5-4-11(10-2-3-10)8-14(12)17-15;1-2-8-6-4-3-5-7-8;1-2/h4-8,10,17H,2-3H2,1H3;3-7H,2H2,1H3;1-2H3. The lowest BCUT2D eigenvalue weighted by Crippen LogP contribution is -1.80. The van der Waals surface area contributed by atoms with Crippen LogP contribution in [0.4, 0.5) is 0 Å². The summed E-state index contributed by atoms with van der Waals surface area (Å²) < 4.78 is 0. The van der Waals surface area contributed by atoms with Crippen molar-refractivity contribution >= 4 is 21.8 Å². The molecule has 1 saturated carbocycles. The van der Waals surface area contributed by atoms with Crippen molar-refractivity contribution in [2.24, 2.45) is 0 Å². The molecular weight excluding hydrogens is 328 g/mol. The van der Waals surface area contributed by atoms with Crippen molar-refractivity contribution < 1.29 is 0 Å². The summed E-state index contributed by atoms with van der Waals surface area (Å²) in [4.78, 5) is 7.85. The van der Waals surface area contributed by atoms with Gasteiger partial charge in [0.05, 0.1) is 11.2 Å². The number of hydrogen-bond donors (Lipinski definition) is 1. The molecule has 2 aromatic heterocycles. The summed E-state index contributed by atoms with van der Waals surface area (Å²) in [5.41, 5.74) is 6.39. The van der Waals surface area contributed by atoms with E-state index in [1.54, 1.807) is 0 Å². The van der Waals surface area contributed by atoms with Crippen LogP contribution in [0.25, 0.3) is 21.8 Å². The average molecular weight is 359 g/mol. The first kappa shape index (κ1) is 19.2. The molecule has 1 aliphatic carbocycles. The Morgan fingerprint density at radius 2 is 1.70 bits per heavy atom. The van der Waals surface area contributed by atoms with Crippen molar-refractivity contribution in [3.05, 3.63) is 77.6 Å². The van der Waals surface area contributed by atoms with Crippen molar-refractivity contribution in [1.29, 1.82) is 0 Å². The molecule has 0 atom stereocenters. The summed E-state index contributed by atoms with van der Waals surface area (Å²) in [7, 11) is 0. The molecule has 0 saturated heterocycles. The summed E-state index contributed by atoms with van der Waals surface area (Å²) in [6, 6.07) is 19.4. The molecule has 5 rings (SSSR count). The van der Waals surface area contributed by atoms with E-state index < -0.39 is 0 Å². The maximum absolute atomic E-state index is 4.34. The van der Waals surface area contributed by atoms with Gasteiger partial charge in [-0.3, -0.25) is 4.98 Å². The van der Waals surface area contributed by atoms with Crippen LogP contribution < -0.4 is 0 Å². The van der Waals surface area contributed by atoms with Gasteiger partial charge in [0.2, 0.25) is 0 Å². The Morgan fingerprint density at radius 1 is 0.963 bits per heavy atom. The maximum atomic E-state index is 4.34. The lowest BCUT2D eigenvalue weighted by Gasteiger charge is -1.97. The zero-order chi connectivity index (χ0) is 19.2. The molecule has 2 nitrogen and oxygen atoms in total. The Kier molecular flexibility index (Phi) is 6.28. The van der Waals surface area contributed by atoms with E-state index in [-0.39, 0.29) is 0 Å². The van der Waals surface area contributed by atoms with E-state index in [1.807, 2.05) is 26.1 Å². The summed E-state index contributed by atoms with van der Waals surface area (Å²) in [5.74, 6) is 0.810. The van der Waals surface area contributed by atoms with Gasteiger partial charge in [-0.2, -0.15) is 0 Å². The summed E-state index contributed by atoms with van der Waals surface area (Å²) >= 11 is 0. The van der Waals surface area contributed by atoms with Crippen LogP contribution >= 0.6 is 0 Å². The smallest absolute Gasteiger partial charge is 0.0681 e. The molecule has 27 heavy (non-hydrogen) atoms. The normalized spacial score (nSPS) is 12.9. The Morgan fingerprint density at radius 3 is 2.33 bits per heavy atom. The molecule has 2 heterocycles. The van der Waals surface area contributed by atoms with Crippen LogP contribution in [0.5, 0.6) is 0 Å². The first-order valence-electron chi connectivity index (χ1n) is 10.2. The van der Waals surface area contributed by atoms with Crippen molar-refractivity contribution in [2.75, 3.05) is 0 Å². The van der Waals surface area contributed by atoms with Gasteiger partial charge < -0.3 is 4.98 Å². The largest absolute Gasteiger partial charge is 0.353 e. The van der Waals surface area contributed by atoms with E-state index in [2.05, 4.69) is 72.3 Å². The fraction of sp³-hybridized carbons (Fsp3) is 0.320. The van der Waals surface area contributed by atoms with Gasteiger partial charge in [0.1, 0.15) is 0 Å². The summed E-state index contributed by atoms with van der Waals surface area (Å²) in [6.45, 7) is 8.22. The SMILES string of the molecule is CC.CCc1ccccc1.Cc1nccc2c1[nH]c1cc(C3CC3)ccc12. The number of nitrogens with zero attached hydrogens (tertiary/aromatic N) is 1. The van der Waals surface area contributed by atoms with Gasteiger partial charge in [-0.05, 0) is 55.4 Å². The second-order valence-corrected chi connectivity index (χ2v) is 6.86. The van der Waals surface area contributed by atoms with Crippen LogP contribution in [0, 0.1) is 6.92 Å². The first-order chi connectivity index (χ1) is 13.3. The van der Waals surface area contributed by atoms with Crippen LogP contribution in [-0.2, 0) is 6.42 Å². The number of fused-ring (bicyclic) bond motifs is 3. The molecule has 140 valence electrons. The summed E-state index contributed by atoms with van der Waals surface area (Å²) in [6.07, 6.45) is 5.74. The second kappa shape index (κ2) is 8.85. The van der Waals surface area contributed by atoms with E-state index >= 15 is 0 Å². The molecular formula is C25H30N2. The molecule has 2 aromatic carbocycles. The lowest BCUT2D eigenvalue weighted by atomic mass is 10.1. The van der Waals surface area contributed by atoms with Crippen LogP contribution in [-0.4, -0.2) is 9.97 Å². The lowest BCUT2D eigenvalue weighted by molar-refractivity contribution is 1.14. The zero-order valence-corrected chi connectivity index (χ0v) is 16.9. The highest BCUT2D eigenvalue weighted by Gasteiger charge is 2.23. The minimum atomic E-state index is 0.810. The number of pyridine rings is 1. The molecule has 0 aliphatic heterocycles. The molecule has 0 bridgehead atoms. The zero-order valence-electron chi connectivity index (χ0n) is 16.9. The van der Waals surface area contributed by atoms with Crippen LogP contribution in [0.1, 0.15) is 56.4 Å². The highest BCUT2D eigenvalue weighted by Crippen LogP contribution is 2.41. The molecule has 2 heteroatoms. The summed E-state index contributed by atoms with van der Waals surface area (Å²) in [5, 5.41) is 2.60. The first-order valence-corrected chi connectivity index (χ1v) is 10.2. The third-order valence-corrected chi connectivity index (χ3v) is 5.03. The predicted octanol–water partition coefficient (Wildman–Crippen LogP) is 7.18. The van der Waals surface area contributed by atoms with Crippen LogP contribution in [0.2, 0.25) is 0 Å². The molecule has 0 unspecified atom stereocenters. The number of aryl methyl sites for hydroxylation is 2. The van der Waals surface area contributed by atoms with Crippen LogP contribution in [0.15, 0.2) is 60.8 Å². The van der Waals surface area contributed by atoms with E-state index in [0.717, 1.165) is 18.0 Å². The number of nitrogens with one attached hydrogen (secondary N) is 1. The molecule has 0 spiro atoms. The van der Waals surface area contributed by atoms with Crippen molar-refractivity contribution in [2.45, 2.75) is 52.9 Å². The van der Waals surface area contributed by atoms with Crippen molar-refractivity contribution in [3.63, 3.8) is 0 Å². The van der Waals surface area contributed by atoms with Crippen LogP contribution in [0.3, 0.4) is 0 Å². The van der Waals surface area contributed by atoms with Gasteiger partial charge in [-0.1, -0.05) is 63.2 Å². The average Bonchev–Trinajstić information content (AvgIpc) is 3.52. The Labute approximate surface area is 162 Å². The molecule has 0 radical (unpaired) electrons. The predicted molar refractivity (Wildman–Crippen MR) is 117 cm³/mol. The number of aromatic amines is 1. The van der Waals surface area contributed by atoms with Gasteiger partial charge in [0.25, 0.3) is 0 Å². The molecule has 1 aliphatic rings. The van der Waals surface area contributed by atoms with Crippen molar-refractivity contribution in [1.82, 2.24) is 9.97 Å². The molecule has 1 N–H and O–H groups in total. The van der Waals surface area contributed by atoms with Gasteiger partial charge in [0, 0.05) is 22.5 Å². The number of hydrogen-bond acceptors (Lipinski definition) is 1. The van der Waals surface area contributed by atoms with E-state index in [4.69, 9.17) is 0 Å². The molecule has 0 amide bonds. The number of rotatable bonds is 2. The van der Waals surface area contributed by atoms with E-state index in [0.29, 0.717) is 0 Å². The van der Waals surface area contributed by atoms with Gasteiger partial charge in [0.15, 0.2) is 0 Å². The quantitative estimate of drug-likeness (QED) is 0.404. The second-order valence-electron chi connectivity index (χ2n) is 6.86. The Balaban J connectivity index is 0.000000178. The minimum Gasteiger partial charge on any atom is -0.353 e. The van der Waals surface area contributed by atoms with Crippen molar-refractivity contribution in [3.8, 4) is 0 Å². The maximum Gasteiger partial charge on any atom is 0.0681 e. The molecule has 4 aromatic rings. The Bertz CT molecular complexity index is 995. The topological polar surface area (TPSA) is 28.7 Å².